The largest absolute Gasteiger partial charge is 0.493 e. The van der Waals surface area contributed by atoms with Crippen LogP contribution in [0.15, 0.2) is 22.7 Å². The molecular formula is C17H29BrClNO. The Morgan fingerprint density at radius 3 is 2.43 bits per heavy atom. The van der Waals surface area contributed by atoms with Gasteiger partial charge in [-0.15, -0.1) is 12.4 Å². The van der Waals surface area contributed by atoms with E-state index in [0.717, 1.165) is 23.3 Å². The molecule has 4 heteroatoms. The smallest absolute Gasteiger partial charge is 0.133 e. The predicted octanol–water partition coefficient (Wildman–Crippen LogP) is 5.72. The predicted molar refractivity (Wildman–Crippen MR) is 97.6 cm³/mol. The molecule has 1 aromatic carbocycles. The molecule has 0 spiro atoms. The van der Waals surface area contributed by atoms with Gasteiger partial charge in [0, 0.05) is 6.54 Å². The van der Waals surface area contributed by atoms with E-state index in [1.807, 2.05) is 13.0 Å². The zero-order chi connectivity index (χ0) is 14.6. The maximum Gasteiger partial charge on any atom is 0.133 e. The lowest BCUT2D eigenvalue weighted by atomic mass is 10.1. The van der Waals surface area contributed by atoms with Crippen LogP contribution >= 0.6 is 28.3 Å². The summed E-state index contributed by atoms with van der Waals surface area (Å²) < 4.78 is 6.55. The molecule has 0 aliphatic rings. The van der Waals surface area contributed by atoms with Crippen LogP contribution in [-0.4, -0.2) is 13.2 Å². The van der Waals surface area contributed by atoms with Gasteiger partial charge in [0.15, 0.2) is 0 Å². The highest BCUT2D eigenvalue weighted by atomic mass is 79.9. The van der Waals surface area contributed by atoms with Crippen molar-refractivity contribution in [1.82, 2.24) is 5.32 Å². The fourth-order valence-electron chi connectivity index (χ4n) is 2.19. The molecule has 1 aromatic rings. The van der Waals surface area contributed by atoms with E-state index >= 15 is 0 Å². The van der Waals surface area contributed by atoms with Crippen molar-refractivity contribution in [1.29, 1.82) is 0 Å². The van der Waals surface area contributed by atoms with E-state index < -0.39 is 0 Å². The second kappa shape index (κ2) is 13.4. The minimum absolute atomic E-state index is 0. The molecule has 1 rings (SSSR count). The number of ether oxygens (including phenoxy) is 1. The number of halogens is 2. The Morgan fingerprint density at radius 1 is 1.05 bits per heavy atom. The van der Waals surface area contributed by atoms with Crippen molar-refractivity contribution in [3.8, 4) is 5.75 Å². The zero-order valence-corrected chi connectivity index (χ0v) is 15.7. The second-order valence-corrected chi connectivity index (χ2v) is 6.00. The molecule has 1 N–H and O–H groups in total. The number of rotatable bonds is 11. The van der Waals surface area contributed by atoms with Crippen LogP contribution in [0.25, 0.3) is 0 Å². The summed E-state index contributed by atoms with van der Waals surface area (Å²) in [5.41, 5.74) is 1.30. The minimum atomic E-state index is 0. The normalized spacial score (nSPS) is 10.2. The van der Waals surface area contributed by atoms with Crippen molar-refractivity contribution >= 4 is 28.3 Å². The molecule has 2 nitrogen and oxygen atoms in total. The summed E-state index contributed by atoms with van der Waals surface area (Å²) in [7, 11) is 0. The maximum atomic E-state index is 5.51. The van der Waals surface area contributed by atoms with Gasteiger partial charge in [0.25, 0.3) is 0 Å². The van der Waals surface area contributed by atoms with Crippen molar-refractivity contribution in [2.45, 2.75) is 58.9 Å². The quantitative estimate of drug-likeness (QED) is 0.497. The third kappa shape index (κ3) is 9.38. The first-order valence-corrected chi connectivity index (χ1v) is 8.69. The van der Waals surface area contributed by atoms with Gasteiger partial charge < -0.3 is 10.1 Å². The maximum absolute atomic E-state index is 5.51. The van der Waals surface area contributed by atoms with Gasteiger partial charge in [-0.2, -0.15) is 0 Å². The highest BCUT2D eigenvalue weighted by Crippen LogP contribution is 2.25. The third-order valence-electron chi connectivity index (χ3n) is 3.33. The second-order valence-electron chi connectivity index (χ2n) is 5.14. The summed E-state index contributed by atoms with van der Waals surface area (Å²) in [6.45, 7) is 7.00. The minimum Gasteiger partial charge on any atom is -0.493 e. The lowest BCUT2D eigenvalue weighted by Gasteiger charge is -2.09. The number of unbranched alkanes of at least 4 members (excludes halogenated alkanes) is 5. The van der Waals surface area contributed by atoms with Crippen LogP contribution in [0.1, 0.15) is 57.9 Å². The molecule has 21 heavy (non-hydrogen) atoms. The van der Waals surface area contributed by atoms with Gasteiger partial charge in [0.05, 0.1) is 11.1 Å². The fourth-order valence-corrected chi connectivity index (χ4v) is 2.73. The van der Waals surface area contributed by atoms with Crippen molar-refractivity contribution < 1.29 is 4.74 Å². The van der Waals surface area contributed by atoms with Crippen LogP contribution in [0.3, 0.4) is 0 Å². The Labute approximate surface area is 144 Å². The molecule has 0 atom stereocenters. The summed E-state index contributed by atoms with van der Waals surface area (Å²) in [6.07, 6.45) is 8.10. The van der Waals surface area contributed by atoms with E-state index in [9.17, 15) is 0 Å². The Bertz CT molecular complexity index is 374. The summed E-state index contributed by atoms with van der Waals surface area (Å²) in [5, 5.41) is 3.51. The summed E-state index contributed by atoms with van der Waals surface area (Å²) in [6, 6.07) is 6.30. The molecule has 0 saturated carbocycles. The molecule has 0 aliphatic heterocycles. The monoisotopic (exact) mass is 377 g/mol. The highest BCUT2D eigenvalue weighted by Gasteiger charge is 2.01. The number of nitrogens with one attached hydrogen (secondary N) is 1. The van der Waals surface area contributed by atoms with Crippen LogP contribution in [0.4, 0.5) is 0 Å². The van der Waals surface area contributed by atoms with E-state index in [1.54, 1.807) is 0 Å². The lowest BCUT2D eigenvalue weighted by Crippen LogP contribution is -2.14. The van der Waals surface area contributed by atoms with E-state index in [0.29, 0.717) is 6.61 Å². The molecule has 0 heterocycles. The first-order valence-electron chi connectivity index (χ1n) is 7.89. The van der Waals surface area contributed by atoms with Gasteiger partial charge in [-0.05, 0) is 53.5 Å². The van der Waals surface area contributed by atoms with Gasteiger partial charge in [-0.3, -0.25) is 0 Å². The molecule has 0 bridgehead atoms. The third-order valence-corrected chi connectivity index (χ3v) is 3.95. The number of benzene rings is 1. The molecule has 0 aromatic heterocycles. The average molecular weight is 379 g/mol. The molecule has 0 fully saturated rings. The molecule has 122 valence electrons. The molecule has 0 amide bonds. The van der Waals surface area contributed by atoms with Crippen LogP contribution in [-0.2, 0) is 6.54 Å². The van der Waals surface area contributed by atoms with E-state index in [2.05, 4.69) is 40.3 Å². The molecule has 0 aliphatic carbocycles. The first-order chi connectivity index (χ1) is 9.77. The number of hydrogen-bond donors (Lipinski definition) is 1. The molecular weight excluding hydrogens is 350 g/mol. The van der Waals surface area contributed by atoms with Crippen LogP contribution < -0.4 is 10.1 Å². The summed E-state index contributed by atoms with van der Waals surface area (Å²) >= 11 is 3.55. The Morgan fingerprint density at radius 2 is 1.76 bits per heavy atom. The zero-order valence-electron chi connectivity index (χ0n) is 13.3. The van der Waals surface area contributed by atoms with Gasteiger partial charge >= 0.3 is 0 Å². The van der Waals surface area contributed by atoms with Gasteiger partial charge in [-0.25, -0.2) is 0 Å². The van der Waals surface area contributed by atoms with Crippen LogP contribution in [0, 0.1) is 0 Å². The van der Waals surface area contributed by atoms with E-state index in [-0.39, 0.29) is 12.4 Å². The molecule has 0 saturated heterocycles. The SMILES string of the molecule is CCCCCCCCNCc1ccc(OCC)c(Br)c1.Cl. The van der Waals surface area contributed by atoms with Crippen molar-refractivity contribution in [3.63, 3.8) is 0 Å². The van der Waals surface area contributed by atoms with Gasteiger partial charge in [0.1, 0.15) is 5.75 Å². The summed E-state index contributed by atoms with van der Waals surface area (Å²) in [4.78, 5) is 0. The lowest BCUT2D eigenvalue weighted by molar-refractivity contribution is 0.338. The Hall–Kier alpha value is -0.250. The first kappa shape index (κ1) is 20.8. The Kier molecular flexibility index (Phi) is 13.3. The van der Waals surface area contributed by atoms with E-state index in [4.69, 9.17) is 4.74 Å². The topological polar surface area (TPSA) is 21.3 Å². The standard InChI is InChI=1S/C17H28BrNO.ClH/c1-3-5-6-7-8-9-12-19-14-15-10-11-17(20-4-2)16(18)13-15;/h10-11,13,19H,3-9,12,14H2,1-2H3;1H. The van der Waals surface area contributed by atoms with Gasteiger partial charge in [-0.1, -0.05) is 45.1 Å². The van der Waals surface area contributed by atoms with Crippen molar-refractivity contribution in [2.75, 3.05) is 13.2 Å². The molecule has 0 unspecified atom stereocenters. The van der Waals surface area contributed by atoms with Crippen molar-refractivity contribution in [3.05, 3.63) is 28.2 Å². The van der Waals surface area contributed by atoms with Gasteiger partial charge in [0.2, 0.25) is 0 Å². The Balaban J connectivity index is 0.00000400. The highest BCUT2D eigenvalue weighted by molar-refractivity contribution is 9.10. The average Bonchev–Trinajstić information content (AvgIpc) is 2.45. The van der Waals surface area contributed by atoms with Crippen LogP contribution in [0.5, 0.6) is 5.75 Å². The van der Waals surface area contributed by atoms with E-state index in [1.165, 1.54) is 44.1 Å². The number of hydrogen-bond acceptors (Lipinski definition) is 2. The molecule has 0 radical (unpaired) electrons. The van der Waals surface area contributed by atoms with Crippen molar-refractivity contribution in [2.24, 2.45) is 0 Å². The summed E-state index contributed by atoms with van der Waals surface area (Å²) in [5.74, 6) is 0.923. The fraction of sp³-hybridized carbons (Fsp3) is 0.647. The van der Waals surface area contributed by atoms with Crippen LogP contribution in [0.2, 0.25) is 0 Å².